The molecule has 2 unspecified atom stereocenters. The van der Waals surface area contributed by atoms with E-state index in [1.54, 1.807) is 20.2 Å². The molecule has 1 saturated heterocycles. The first-order valence-corrected chi connectivity index (χ1v) is 12.5. The summed E-state index contributed by atoms with van der Waals surface area (Å²) >= 11 is 0. The van der Waals surface area contributed by atoms with E-state index in [0.717, 1.165) is 18.7 Å². The van der Waals surface area contributed by atoms with E-state index in [2.05, 4.69) is 4.90 Å². The SMILES string of the molecule is CN(C)[C@H]1C(=O)C(C(N)=O)C(=O)[C@]2(O)C(=O)C3C(=O)c4c(O)ccc(CN5CCOCC5)c4C[C@@H]3C[C@H]12. The van der Waals surface area contributed by atoms with Gasteiger partial charge in [0.25, 0.3) is 0 Å². The minimum atomic E-state index is -2.71. The summed E-state index contributed by atoms with van der Waals surface area (Å²) in [5, 5.41) is 22.2. The zero-order valence-electron chi connectivity index (χ0n) is 20.8. The third-order valence-electron chi connectivity index (χ3n) is 8.54. The van der Waals surface area contributed by atoms with Crippen molar-refractivity contribution in [2.45, 2.75) is 31.0 Å². The van der Waals surface area contributed by atoms with Crippen LogP contribution in [0.15, 0.2) is 12.1 Å². The van der Waals surface area contributed by atoms with Crippen LogP contribution in [0.1, 0.15) is 27.9 Å². The van der Waals surface area contributed by atoms with E-state index in [4.69, 9.17) is 10.5 Å². The molecule has 0 bridgehead atoms. The maximum atomic E-state index is 13.8. The van der Waals surface area contributed by atoms with Crippen molar-refractivity contribution in [2.75, 3.05) is 40.4 Å². The molecule has 4 aliphatic rings. The van der Waals surface area contributed by atoms with Crippen LogP contribution in [0.2, 0.25) is 0 Å². The monoisotopic (exact) mass is 513 g/mol. The molecule has 1 amide bonds. The fourth-order valence-corrected chi connectivity index (χ4v) is 6.82. The van der Waals surface area contributed by atoms with Crippen LogP contribution in [0.5, 0.6) is 5.75 Å². The van der Waals surface area contributed by atoms with Gasteiger partial charge in [-0.3, -0.25) is 33.8 Å². The van der Waals surface area contributed by atoms with E-state index in [-0.39, 0.29) is 24.2 Å². The minimum absolute atomic E-state index is 0.0253. The molecule has 11 heteroatoms. The summed E-state index contributed by atoms with van der Waals surface area (Å²) in [6.07, 6.45) is 0.302. The van der Waals surface area contributed by atoms with E-state index in [9.17, 15) is 34.2 Å². The minimum Gasteiger partial charge on any atom is -0.507 e. The molecule has 4 N–H and O–H groups in total. The third-order valence-corrected chi connectivity index (χ3v) is 8.54. The maximum absolute atomic E-state index is 13.8. The number of fused-ring (bicyclic) bond motifs is 3. The van der Waals surface area contributed by atoms with Gasteiger partial charge in [0.15, 0.2) is 34.7 Å². The van der Waals surface area contributed by atoms with Gasteiger partial charge in [0.2, 0.25) is 5.91 Å². The molecule has 37 heavy (non-hydrogen) atoms. The lowest BCUT2D eigenvalue weighted by atomic mass is 9.52. The second kappa shape index (κ2) is 9.09. The van der Waals surface area contributed by atoms with Crippen molar-refractivity contribution in [3.05, 3.63) is 28.8 Å². The molecule has 0 aromatic heterocycles. The molecule has 1 aromatic carbocycles. The smallest absolute Gasteiger partial charge is 0.235 e. The molecule has 6 atom stereocenters. The average Bonchev–Trinajstić information content (AvgIpc) is 2.83. The summed E-state index contributed by atoms with van der Waals surface area (Å²) in [5.74, 6) is -10.3. The van der Waals surface area contributed by atoms with Crippen molar-refractivity contribution < 1.29 is 38.9 Å². The van der Waals surface area contributed by atoms with Crippen LogP contribution in [0.4, 0.5) is 0 Å². The summed E-state index contributed by atoms with van der Waals surface area (Å²) < 4.78 is 5.41. The highest BCUT2D eigenvalue weighted by Gasteiger charge is 2.69. The van der Waals surface area contributed by atoms with Crippen LogP contribution in [-0.2, 0) is 36.9 Å². The van der Waals surface area contributed by atoms with Gasteiger partial charge in [-0.2, -0.15) is 0 Å². The number of hydrogen-bond acceptors (Lipinski definition) is 10. The molecular formula is C26H31N3O8. The first kappa shape index (κ1) is 25.7. The van der Waals surface area contributed by atoms with Gasteiger partial charge in [0.05, 0.1) is 30.7 Å². The molecule has 5 rings (SSSR count). The van der Waals surface area contributed by atoms with Gasteiger partial charge in [-0.25, -0.2) is 0 Å². The number of carbonyl (C=O) groups excluding carboxylic acids is 5. The molecule has 0 radical (unpaired) electrons. The van der Waals surface area contributed by atoms with Gasteiger partial charge in [-0.15, -0.1) is 0 Å². The Morgan fingerprint density at radius 3 is 2.46 bits per heavy atom. The number of primary amides is 1. The van der Waals surface area contributed by atoms with Gasteiger partial charge in [0.1, 0.15) is 5.75 Å². The lowest BCUT2D eigenvalue weighted by Gasteiger charge is -2.52. The molecule has 3 fully saturated rings. The number of likely N-dealkylation sites (N-methyl/N-ethyl adjacent to an activating group) is 1. The summed E-state index contributed by atoms with van der Waals surface area (Å²) in [6.45, 7) is 3.17. The molecule has 11 nitrogen and oxygen atoms in total. The molecule has 2 saturated carbocycles. The van der Waals surface area contributed by atoms with Gasteiger partial charge < -0.3 is 20.7 Å². The zero-order valence-corrected chi connectivity index (χ0v) is 20.8. The van der Waals surface area contributed by atoms with Crippen LogP contribution in [0, 0.1) is 23.7 Å². The fraction of sp³-hybridized carbons (Fsp3) is 0.577. The van der Waals surface area contributed by atoms with E-state index in [1.165, 1.54) is 11.0 Å². The number of phenols is 1. The Morgan fingerprint density at radius 2 is 1.84 bits per heavy atom. The van der Waals surface area contributed by atoms with Gasteiger partial charge >= 0.3 is 0 Å². The van der Waals surface area contributed by atoms with Gasteiger partial charge in [-0.1, -0.05) is 6.07 Å². The number of ketones is 4. The van der Waals surface area contributed by atoms with Crippen molar-refractivity contribution in [3.8, 4) is 5.75 Å². The summed E-state index contributed by atoms with van der Waals surface area (Å²) in [6, 6.07) is 2.08. The highest BCUT2D eigenvalue weighted by molar-refractivity contribution is 6.32. The first-order chi connectivity index (χ1) is 17.5. The second-order valence-corrected chi connectivity index (χ2v) is 10.8. The largest absolute Gasteiger partial charge is 0.507 e. The molecule has 198 valence electrons. The number of phenolic OH excluding ortho intramolecular Hbond substituents is 1. The fourth-order valence-electron chi connectivity index (χ4n) is 6.82. The number of nitrogens with two attached hydrogens (primary N) is 1. The molecule has 1 heterocycles. The highest BCUT2D eigenvalue weighted by Crippen LogP contribution is 2.51. The van der Waals surface area contributed by atoms with Crippen molar-refractivity contribution in [1.82, 2.24) is 9.80 Å². The van der Waals surface area contributed by atoms with Crippen LogP contribution in [0.25, 0.3) is 0 Å². The standard InChI is InChI=1S/C26H31N3O8/c1-28(2)20-15-10-13-9-14-12(11-29-5-7-37-8-6-29)3-4-16(30)18(14)21(31)17(13)23(33)26(15,36)24(34)19(22(20)32)25(27)35/h3-4,13,15,17,19-20,30,36H,5-11H2,1-2H3,(H2,27,35)/t13-,15-,17?,19?,20-,26-/m1/s1. The number of morpholine rings is 1. The molecular weight excluding hydrogens is 482 g/mol. The zero-order chi connectivity index (χ0) is 26.8. The first-order valence-electron chi connectivity index (χ1n) is 12.5. The van der Waals surface area contributed by atoms with Crippen molar-refractivity contribution in [2.24, 2.45) is 29.4 Å². The number of rotatable bonds is 4. The third kappa shape index (κ3) is 3.75. The number of hydrogen-bond donors (Lipinski definition) is 3. The van der Waals surface area contributed by atoms with E-state index in [1.807, 2.05) is 0 Å². The number of aromatic hydroxyl groups is 1. The Hall–Kier alpha value is -2.99. The lowest BCUT2D eigenvalue weighted by molar-refractivity contribution is -0.181. The van der Waals surface area contributed by atoms with E-state index in [0.29, 0.717) is 25.3 Å². The van der Waals surface area contributed by atoms with Crippen LogP contribution < -0.4 is 5.73 Å². The number of carbonyl (C=O) groups is 5. The normalized spacial score (nSPS) is 34.2. The van der Waals surface area contributed by atoms with Gasteiger partial charge in [-0.05, 0) is 50.0 Å². The summed E-state index contributed by atoms with van der Waals surface area (Å²) in [7, 11) is 3.13. The van der Waals surface area contributed by atoms with Gasteiger partial charge in [0, 0.05) is 25.6 Å². The number of nitrogens with zero attached hydrogens (tertiary/aromatic N) is 2. The lowest BCUT2D eigenvalue weighted by Crippen LogP contribution is -2.74. The summed E-state index contributed by atoms with van der Waals surface area (Å²) in [4.78, 5) is 69.7. The predicted octanol–water partition coefficient (Wildman–Crippen LogP) is -1.30. The number of amides is 1. The Balaban J connectivity index is 1.58. The maximum Gasteiger partial charge on any atom is 0.235 e. The predicted molar refractivity (Wildman–Crippen MR) is 127 cm³/mol. The quantitative estimate of drug-likeness (QED) is 0.412. The highest BCUT2D eigenvalue weighted by atomic mass is 16.5. The van der Waals surface area contributed by atoms with Crippen molar-refractivity contribution in [3.63, 3.8) is 0 Å². The van der Waals surface area contributed by atoms with E-state index < -0.39 is 64.4 Å². The molecule has 0 spiro atoms. The van der Waals surface area contributed by atoms with Crippen LogP contribution in [0.3, 0.4) is 0 Å². The Labute approximate surface area is 213 Å². The Bertz CT molecular complexity index is 1210. The van der Waals surface area contributed by atoms with Crippen molar-refractivity contribution in [1.29, 1.82) is 0 Å². The Morgan fingerprint density at radius 1 is 1.16 bits per heavy atom. The molecule has 1 aromatic rings. The number of Topliss-reactive ketones (excluding diaryl/α,β-unsaturated/α-hetero) is 4. The molecule has 1 aliphatic heterocycles. The topological polar surface area (TPSA) is 168 Å². The number of ether oxygens (including phenoxy) is 1. The Kier molecular flexibility index (Phi) is 6.30. The van der Waals surface area contributed by atoms with Crippen LogP contribution >= 0.6 is 0 Å². The number of benzene rings is 1. The summed E-state index contributed by atoms with van der Waals surface area (Å²) in [5.41, 5.74) is 4.14. The van der Waals surface area contributed by atoms with Crippen molar-refractivity contribution >= 4 is 29.0 Å². The van der Waals surface area contributed by atoms with E-state index >= 15 is 0 Å². The van der Waals surface area contributed by atoms with Crippen LogP contribution in [-0.4, -0.2) is 101 Å². The second-order valence-electron chi connectivity index (χ2n) is 10.8. The molecule has 3 aliphatic carbocycles. The number of aliphatic hydroxyl groups is 1. The average molecular weight is 514 g/mol.